The standard InChI is InChI=1S/C22H26N2O/c25-22(19-13-12-17-7-4-5-8-18(17)15-19)23-20-9-6-14-24(16-20)21-10-2-1-3-11-21/h1-5,7-8,10-11,19-20H,6,9,12-16H2,(H,23,25)/t19?,20-/m0/s1. The highest BCUT2D eigenvalue weighted by atomic mass is 16.1. The lowest BCUT2D eigenvalue weighted by Gasteiger charge is -2.35. The third-order valence-corrected chi connectivity index (χ3v) is 5.61. The van der Waals surface area contributed by atoms with Gasteiger partial charge in [0, 0.05) is 30.7 Å². The number of rotatable bonds is 3. The minimum absolute atomic E-state index is 0.127. The van der Waals surface area contributed by atoms with Crippen molar-refractivity contribution in [1.82, 2.24) is 5.32 Å². The van der Waals surface area contributed by atoms with E-state index in [1.54, 1.807) is 0 Å². The number of hydrogen-bond donors (Lipinski definition) is 1. The summed E-state index contributed by atoms with van der Waals surface area (Å²) in [5, 5.41) is 3.34. The molecular weight excluding hydrogens is 308 g/mol. The number of carbonyl (C=O) groups excluding carboxylic acids is 1. The van der Waals surface area contributed by atoms with E-state index in [0.29, 0.717) is 0 Å². The zero-order valence-electron chi connectivity index (χ0n) is 14.7. The summed E-state index contributed by atoms with van der Waals surface area (Å²) in [6.07, 6.45) is 5.09. The van der Waals surface area contributed by atoms with Crippen molar-refractivity contribution < 1.29 is 4.79 Å². The number of hydrogen-bond acceptors (Lipinski definition) is 2. The largest absolute Gasteiger partial charge is 0.369 e. The van der Waals surface area contributed by atoms with Crippen LogP contribution in [0.2, 0.25) is 0 Å². The highest BCUT2D eigenvalue weighted by molar-refractivity contribution is 5.79. The maximum Gasteiger partial charge on any atom is 0.223 e. The number of benzene rings is 2. The summed E-state index contributed by atoms with van der Waals surface area (Å²) in [5.41, 5.74) is 4.02. The van der Waals surface area contributed by atoms with Gasteiger partial charge in [-0.1, -0.05) is 42.5 Å². The topological polar surface area (TPSA) is 32.3 Å². The van der Waals surface area contributed by atoms with E-state index in [1.165, 1.54) is 16.8 Å². The van der Waals surface area contributed by atoms with Crippen molar-refractivity contribution in [2.24, 2.45) is 5.92 Å². The van der Waals surface area contributed by atoms with Gasteiger partial charge in [-0.25, -0.2) is 0 Å². The van der Waals surface area contributed by atoms with Gasteiger partial charge in [-0.15, -0.1) is 0 Å². The molecule has 1 unspecified atom stereocenters. The maximum atomic E-state index is 12.8. The minimum Gasteiger partial charge on any atom is -0.369 e. The fourth-order valence-electron chi connectivity index (χ4n) is 4.21. The molecule has 2 atom stereocenters. The van der Waals surface area contributed by atoms with Gasteiger partial charge >= 0.3 is 0 Å². The van der Waals surface area contributed by atoms with E-state index in [0.717, 1.165) is 45.2 Å². The first-order chi connectivity index (χ1) is 12.3. The van der Waals surface area contributed by atoms with Crippen LogP contribution in [-0.2, 0) is 17.6 Å². The van der Waals surface area contributed by atoms with E-state index in [2.05, 4.69) is 58.7 Å². The molecule has 0 saturated carbocycles. The number of carbonyl (C=O) groups is 1. The Morgan fingerprint density at radius 3 is 2.56 bits per heavy atom. The number of anilines is 1. The quantitative estimate of drug-likeness (QED) is 0.930. The predicted molar refractivity (Wildman–Crippen MR) is 102 cm³/mol. The zero-order chi connectivity index (χ0) is 17.1. The second-order valence-electron chi connectivity index (χ2n) is 7.34. The molecule has 130 valence electrons. The summed E-state index contributed by atoms with van der Waals surface area (Å²) in [4.78, 5) is 15.2. The smallest absolute Gasteiger partial charge is 0.223 e. The Kier molecular flexibility index (Phi) is 4.73. The molecule has 1 amide bonds. The van der Waals surface area contributed by atoms with Gasteiger partial charge in [-0.05, 0) is 55.4 Å². The average molecular weight is 334 g/mol. The molecule has 2 aliphatic rings. The van der Waals surface area contributed by atoms with Crippen molar-refractivity contribution in [2.75, 3.05) is 18.0 Å². The Bertz CT molecular complexity index is 728. The molecule has 1 saturated heterocycles. The first-order valence-electron chi connectivity index (χ1n) is 9.47. The molecule has 1 N–H and O–H groups in total. The zero-order valence-corrected chi connectivity index (χ0v) is 14.7. The van der Waals surface area contributed by atoms with Crippen molar-refractivity contribution in [3.8, 4) is 0 Å². The van der Waals surface area contributed by atoms with Crippen LogP contribution in [0.1, 0.15) is 30.4 Å². The van der Waals surface area contributed by atoms with E-state index in [1.807, 2.05) is 6.07 Å². The minimum atomic E-state index is 0.127. The van der Waals surface area contributed by atoms with Crippen molar-refractivity contribution in [1.29, 1.82) is 0 Å². The molecular formula is C22H26N2O. The molecule has 0 aromatic heterocycles. The number of piperidine rings is 1. The molecule has 2 aromatic carbocycles. The van der Waals surface area contributed by atoms with Crippen LogP contribution < -0.4 is 10.2 Å². The Morgan fingerprint density at radius 1 is 0.960 bits per heavy atom. The summed E-state index contributed by atoms with van der Waals surface area (Å²) < 4.78 is 0. The lowest BCUT2D eigenvalue weighted by Crippen LogP contribution is -2.49. The van der Waals surface area contributed by atoms with Gasteiger partial charge in [-0.3, -0.25) is 4.79 Å². The molecule has 0 bridgehead atoms. The second-order valence-corrected chi connectivity index (χ2v) is 7.34. The Labute approximate surface area is 150 Å². The summed E-state index contributed by atoms with van der Waals surface area (Å²) in [6.45, 7) is 1.99. The first kappa shape index (κ1) is 16.2. The van der Waals surface area contributed by atoms with Crippen molar-refractivity contribution >= 4 is 11.6 Å². The van der Waals surface area contributed by atoms with Gasteiger partial charge in [0.1, 0.15) is 0 Å². The molecule has 3 heteroatoms. The van der Waals surface area contributed by atoms with Gasteiger partial charge in [0.25, 0.3) is 0 Å². The number of nitrogens with one attached hydrogen (secondary N) is 1. The molecule has 1 heterocycles. The molecule has 4 rings (SSSR count). The van der Waals surface area contributed by atoms with Crippen LogP contribution in [-0.4, -0.2) is 25.0 Å². The summed E-state index contributed by atoms with van der Waals surface area (Å²) >= 11 is 0. The fourth-order valence-corrected chi connectivity index (χ4v) is 4.21. The van der Waals surface area contributed by atoms with Crippen molar-refractivity contribution in [2.45, 2.75) is 38.1 Å². The van der Waals surface area contributed by atoms with Crippen LogP contribution in [0.25, 0.3) is 0 Å². The molecule has 0 spiro atoms. The highest BCUT2D eigenvalue weighted by Gasteiger charge is 2.28. The molecule has 0 radical (unpaired) electrons. The van der Waals surface area contributed by atoms with Crippen LogP contribution in [0.4, 0.5) is 5.69 Å². The summed E-state index contributed by atoms with van der Waals surface area (Å²) in [6, 6.07) is 19.3. The van der Waals surface area contributed by atoms with Gasteiger partial charge in [0.15, 0.2) is 0 Å². The van der Waals surface area contributed by atoms with Crippen LogP contribution in [0.3, 0.4) is 0 Å². The Balaban J connectivity index is 1.36. The Hall–Kier alpha value is -2.29. The second kappa shape index (κ2) is 7.30. The molecule has 1 fully saturated rings. The molecule has 3 nitrogen and oxygen atoms in total. The van der Waals surface area contributed by atoms with Crippen LogP contribution in [0.5, 0.6) is 0 Å². The van der Waals surface area contributed by atoms with Crippen molar-refractivity contribution in [3.05, 3.63) is 65.7 Å². The summed E-state index contributed by atoms with van der Waals surface area (Å²) in [5.74, 6) is 0.372. The van der Waals surface area contributed by atoms with Crippen LogP contribution >= 0.6 is 0 Å². The number of amides is 1. The third-order valence-electron chi connectivity index (χ3n) is 5.61. The van der Waals surface area contributed by atoms with Gasteiger partial charge in [0.2, 0.25) is 5.91 Å². The van der Waals surface area contributed by atoms with E-state index in [-0.39, 0.29) is 17.9 Å². The number of para-hydroxylation sites is 1. The SMILES string of the molecule is O=C(N[C@H]1CCCN(c2ccccc2)C1)C1CCc2ccccc2C1. The number of nitrogens with zero attached hydrogens (tertiary/aromatic N) is 1. The third kappa shape index (κ3) is 3.71. The monoisotopic (exact) mass is 334 g/mol. The average Bonchev–Trinajstić information content (AvgIpc) is 2.68. The van der Waals surface area contributed by atoms with Crippen molar-refractivity contribution in [3.63, 3.8) is 0 Å². The first-order valence-corrected chi connectivity index (χ1v) is 9.47. The molecule has 2 aromatic rings. The molecule has 25 heavy (non-hydrogen) atoms. The van der Waals surface area contributed by atoms with E-state index in [4.69, 9.17) is 0 Å². The predicted octanol–water partition coefficient (Wildman–Crippen LogP) is 3.58. The van der Waals surface area contributed by atoms with Crippen LogP contribution in [0.15, 0.2) is 54.6 Å². The maximum absolute atomic E-state index is 12.8. The molecule has 1 aliphatic heterocycles. The Morgan fingerprint density at radius 2 is 1.72 bits per heavy atom. The van der Waals surface area contributed by atoms with E-state index < -0.39 is 0 Å². The van der Waals surface area contributed by atoms with Gasteiger partial charge in [-0.2, -0.15) is 0 Å². The fraction of sp³-hybridized carbons (Fsp3) is 0.409. The van der Waals surface area contributed by atoms with Gasteiger partial charge in [0.05, 0.1) is 0 Å². The highest BCUT2D eigenvalue weighted by Crippen LogP contribution is 2.26. The summed E-state index contributed by atoms with van der Waals surface area (Å²) in [7, 11) is 0. The number of aryl methyl sites for hydroxylation is 1. The van der Waals surface area contributed by atoms with Gasteiger partial charge < -0.3 is 10.2 Å². The lowest BCUT2D eigenvalue weighted by molar-refractivity contribution is -0.126. The van der Waals surface area contributed by atoms with Crippen LogP contribution in [0, 0.1) is 5.92 Å². The normalized spacial score (nSPS) is 23.0. The number of fused-ring (bicyclic) bond motifs is 1. The van der Waals surface area contributed by atoms with E-state index in [9.17, 15) is 4.79 Å². The molecule has 1 aliphatic carbocycles. The lowest BCUT2D eigenvalue weighted by atomic mass is 9.83. The van der Waals surface area contributed by atoms with E-state index >= 15 is 0 Å².